The topological polar surface area (TPSA) is 162 Å². The zero-order valence-electron chi connectivity index (χ0n) is 25.7. The number of rotatable bonds is 12. The van der Waals surface area contributed by atoms with Crippen LogP contribution < -0.4 is 25.8 Å². The van der Waals surface area contributed by atoms with Crippen molar-refractivity contribution in [2.45, 2.75) is 32.7 Å². The number of carbonyl (C=O) groups is 3. The van der Waals surface area contributed by atoms with Crippen molar-refractivity contribution in [3.8, 4) is 33.1 Å². The smallest absolute Gasteiger partial charge is 0.357 e. The highest BCUT2D eigenvalue weighted by atomic mass is 32.1. The first-order valence-corrected chi connectivity index (χ1v) is 15.9. The van der Waals surface area contributed by atoms with Crippen molar-refractivity contribution in [3.05, 3.63) is 82.0 Å². The summed E-state index contributed by atoms with van der Waals surface area (Å²) < 4.78 is 17.1. The van der Waals surface area contributed by atoms with Crippen LogP contribution in [-0.2, 0) is 17.7 Å². The van der Waals surface area contributed by atoms with Gasteiger partial charge in [-0.05, 0) is 65.4 Å². The molecular formula is C34H36N4O7S. The molecule has 0 saturated carbocycles. The zero-order valence-corrected chi connectivity index (χ0v) is 26.5. The van der Waals surface area contributed by atoms with Gasteiger partial charge in [0.1, 0.15) is 17.2 Å². The van der Waals surface area contributed by atoms with Crippen molar-refractivity contribution in [1.82, 2.24) is 10.3 Å². The lowest BCUT2D eigenvalue weighted by Gasteiger charge is -2.18. The first-order chi connectivity index (χ1) is 22.4. The molecule has 0 saturated heterocycles. The van der Waals surface area contributed by atoms with Gasteiger partial charge in [-0.2, -0.15) is 0 Å². The number of nitrogens with one attached hydrogen (secondary N) is 2. The number of aromatic nitrogens is 1. The second kappa shape index (κ2) is 15.0. The normalized spacial score (nSPS) is 11.8. The van der Waals surface area contributed by atoms with Gasteiger partial charge in [-0.25, -0.2) is 9.78 Å². The van der Waals surface area contributed by atoms with E-state index in [9.17, 15) is 19.5 Å². The van der Waals surface area contributed by atoms with Crippen LogP contribution in [0.15, 0.2) is 53.9 Å². The quantitative estimate of drug-likeness (QED) is 0.125. The number of benzene rings is 2. The number of nitrogens with zero attached hydrogens (tertiary/aromatic N) is 1. The maximum atomic E-state index is 14.2. The van der Waals surface area contributed by atoms with Gasteiger partial charge in [-0.1, -0.05) is 13.0 Å². The number of carbonyl (C=O) groups excluding carboxylic acids is 3. The molecule has 4 aromatic rings. The molecule has 2 aromatic carbocycles. The number of esters is 1. The molecule has 0 spiro atoms. The molecule has 0 atom stereocenters. The lowest BCUT2D eigenvalue weighted by Crippen LogP contribution is -2.26. The largest absolute Gasteiger partial charge is 0.493 e. The molecule has 46 heavy (non-hydrogen) atoms. The molecule has 11 nitrogen and oxygen atoms in total. The number of fused-ring (bicyclic) bond motifs is 3. The first-order valence-electron chi connectivity index (χ1n) is 15.0. The van der Waals surface area contributed by atoms with Gasteiger partial charge in [0.25, 0.3) is 11.8 Å². The summed E-state index contributed by atoms with van der Waals surface area (Å²) in [7, 11) is 1.23. The van der Waals surface area contributed by atoms with Crippen LogP contribution in [0.1, 0.15) is 62.2 Å². The van der Waals surface area contributed by atoms with Crippen LogP contribution in [0.2, 0.25) is 0 Å². The standard InChI is InChI=1S/C34H36N4O7S/c1-3-11-36-33(41)27-8-6-22(30(37-27)34(42)43-2)23-18-28-25(31-21(9-14-45-28)10-15-46-31)17-24(23)32(40)38-26-7-5-20(19-35)16-29(26)44-13-4-12-39/h5-8,10,15-18,39H,3-4,9,11-14,19,35H2,1-2H3,(H,36,41)(H,38,40). The van der Waals surface area contributed by atoms with E-state index in [1.54, 1.807) is 47.7 Å². The molecule has 0 fully saturated rings. The number of anilines is 1. The Morgan fingerprint density at radius 2 is 1.91 bits per heavy atom. The van der Waals surface area contributed by atoms with Crippen LogP contribution in [-0.4, -0.2) is 61.3 Å². The Kier molecular flexibility index (Phi) is 10.6. The fourth-order valence-electron chi connectivity index (χ4n) is 5.06. The second-order valence-electron chi connectivity index (χ2n) is 10.5. The van der Waals surface area contributed by atoms with Crippen molar-refractivity contribution in [2.24, 2.45) is 5.73 Å². The Labute approximate surface area is 270 Å². The lowest BCUT2D eigenvalue weighted by atomic mass is 9.93. The van der Waals surface area contributed by atoms with Gasteiger partial charge < -0.3 is 35.7 Å². The van der Waals surface area contributed by atoms with Crippen molar-refractivity contribution in [2.75, 3.05) is 38.8 Å². The van der Waals surface area contributed by atoms with E-state index in [1.807, 2.05) is 18.4 Å². The number of thiophene rings is 1. The average molecular weight is 645 g/mol. The summed E-state index contributed by atoms with van der Waals surface area (Å²) in [6.45, 7) is 3.28. The monoisotopic (exact) mass is 644 g/mol. The van der Waals surface area contributed by atoms with Gasteiger partial charge >= 0.3 is 5.97 Å². The van der Waals surface area contributed by atoms with E-state index >= 15 is 0 Å². The molecule has 1 aliphatic rings. The molecule has 2 amide bonds. The fraction of sp³-hybridized carbons (Fsp3) is 0.294. The molecular weight excluding hydrogens is 608 g/mol. The van der Waals surface area contributed by atoms with Crippen molar-refractivity contribution < 1.29 is 33.7 Å². The molecule has 5 rings (SSSR count). The third-order valence-corrected chi connectivity index (χ3v) is 8.40. The van der Waals surface area contributed by atoms with Crippen molar-refractivity contribution in [1.29, 1.82) is 0 Å². The van der Waals surface area contributed by atoms with Crippen LogP contribution in [0.5, 0.6) is 11.5 Å². The number of nitrogens with two attached hydrogens (primary N) is 1. The molecule has 0 bridgehead atoms. The number of aliphatic hydroxyl groups excluding tert-OH is 1. The second-order valence-corrected chi connectivity index (χ2v) is 11.4. The van der Waals surface area contributed by atoms with Crippen molar-refractivity contribution in [3.63, 3.8) is 0 Å². The molecule has 1 aliphatic heterocycles. The first kappa shape index (κ1) is 32.6. The Balaban J connectivity index is 1.65. The van der Waals surface area contributed by atoms with E-state index in [4.69, 9.17) is 19.9 Å². The summed E-state index contributed by atoms with van der Waals surface area (Å²) in [4.78, 5) is 45.4. The van der Waals surface area contributed by atoms with Gasteiger partial charge in [0.05, 0.1) is 26.0 Å². The van der Waals surface area contributed by atoms with Gasteiger partial charge in [-0.3, -0.25) is 9.59 Å². The minimum absolute atomic E-state index is 0.0425. The molecule has 0 unspecified atom stereocenters. The summed E-state index contributed by atoms with van der Waals surface area (Å²) in [5.74, 6) is -0.715. The number of methoxy groups -OCH3 is 1. The van der Waals surface area contributed by atoms with Crippen molar-refractivity contribution >= 4 is 34.8 Å². The van der Waals surface area contributed by atoms with Gasteiger partial charge in [0.2, 0.25) is 0 Å². The van der Waals surface area contributed by atoms with Gasteiger partial charge in [0, 0.05) is 59.7 Å². The highest BCUT2D eigenvalue weighted by Gasteiger charge is 2.27. The molecule has 3 heterocycles. The lowest BCUT2D eigenvalue weighted by molar-refractivity contribution is 0.0594. The van der Waals surface area contributed by atoms with E-state index < -0.39 is 17.8 Å². The predicted molar refractivity (Wildman–Crippen MR) is 176 cm³/mol. The Morgan fingerprint density at radius 3 is 2.67 bits per heavy atom. The maximum Gasteiger partial charge on any atom is 0.357 e. The molecule has 0 radical (unpaired) electrons. The van der Waals surface area contributed by atoms with E-state index in [2.05, 4.69) is 15.6 Å². The number of amides is 2. The molecule has 0 aliphatic carbocycles. The SMILES string of the molecule is CCCNC(=O)c1ccc(-c2cc3c(cc2C(=O)Nc2ccc(CN)cc2OCCCO)-c2sccc2CCO3)c(C(=O)OC)n1. The number of pyridine rings is 1. The minimum Gasteiger partial charge on any atom is -0.493 e. The summed E-state index contributed by atoms with van der Waals surface area (Å²) in [6.07, 6.45) is 1.84. The predicted octanol–water partition coefficient (Wildman–Crippen LogP) is 4.81. The van der Waals surface area contributed by atoms with Crippen LogP contribution >= 0.6 is 11.3 Å². The Bertz CT molecular complexity index is 1750. The maximum absolute atomic E-state index is 14.2. The fourth-order valence-corrected chi connectivity index (χ4v) is 6.04. The van der Waals surface area contributed by atoms with Crippen LogP contribution in [0, 0.1) is 0 Å². The Morgan fingerprint density at radius 1 is 1.07 bits per heavy atom. The molecule has 2 aromatic heterocycles. The number of hydrogen-bond donors (Lipinski definition) is 4. The number of aliphatic hydroxyl groups is 1. The molecule has 5 N–H and O–H groups in total. The average Bonchev–Trinajstić information content (AvgIpc) is 3.48. The number of ether oxygens (including phenoxy) is 3. The van der Waals surface area contributed by atoms with Gasteiger partial charge in [-0.15, -0.1) is 11.3 Å². The Hall–Kier alpha value is -4.78. The van der Waals surface area contributed by atoms with Crippen LogP contribution in [0.4, 0.5) is 5.69 Å². The van der Waals surface area contributed by atoms with Crippen LogP contribution in [0.3, 0.4) is 0 Å². The highest BCUT2D eigenvalue weighted by molar-refractivity contribution is 7.13. The zero-order chi connectivity index (χ0) is 32.6. The summed E-state index contributed by atoms with van der Waals surface area (Å²) >= 11 is 1.55. The minimum atomic E-state index is -0.764. The summed E-state index contributed by atoms with van der Waals surface area (Å²) in [6, 6.07) is 13.9. The summed E-state index contributed by atoms with van der Waals surface area (Å²) in [5.41, 5.74) is 9.75. The van der Waals surface area contributed by atoms with Crippen LogP contribution in [0.25, 0.3) is 21.6 Å². The highest BCUT2D eigenvalue weighted by Crippen LogP contribution is 2.43. The van der Waals surface area contributed by atoms with E-state index in [0.29, 0.717) is 54.3 Å². The third-order valence-electron chi connectivity index (χ3n) is 7.41. The van der Waals surface area contributed by atoms with E-state index in [1.165, 1.54) is 13.2 Å². The van der Waals surface area contributed by atoms with Gasteiger partial charge in [0.15, 0.2) is 5.69 Å². The van der Waals surface area contributed by atoms with E-state index in [0.717, 1.165) is 28.0 Å². The number of hydrogen-bond acceptors (Lipinski definition) is 10. The molecule has 240 valence electrons. The molecule has 12 heteroatoms. The third kappa shape index (κ3) is 7.04. The summed E-state index contributed by atoms with van der Waals surface area (Å²) in [5, 5.41) is 17.0. The van der Waals surface area contributed by atoms with E-state index in [-0.39, 0.29) is 36.7 Å².